The molecule has 142 valence electrons. The van der Waals surface area contributed by atoms with Crippen molar-refractivity contribution in [1.82, 2.24) is 20.4 Å². The average Bonchev–Trinajstić information content (AvgIpc) is 3.22. The fraction of sp³-hybridized carbons (Fsp3) is 0.450. The molecule has 0 bridgehead atoms. The van der Waals surface area contributed by atoms with Crippen molar-refractivity contribution >= 4 is 11.8 Å². The fourth-order valence-electron chi connectivity index (χ4n) is 3.15. The average molecular weight is 368 g/mol. The molecule has 7 nitrogen and oxygen atoms in total. The molecule has 1 saturated heterocycles. The van der Waals surface area contributed by atoms with E-state index in [9.17, 15) is 9.59 Å². The first kappa shape index (κ1) is 17.7. The van der Waals surface area contributed by atoms with Crippen molar-refractivity contribution in [3.05, 3.63) is 47.8 Å². The highest BCUT2D eigenvalue weighted by Gasteiger charge is 2.29. The van der Waals surface area contributed by atoms with Crippen LogP contribution in [0.5, 0.6) is 0 Å². The molecular formula is C20H24N4O3. The lowest BCUT2D eigenvalue weighted by molar-refractivity contribution is -0.122. The lowest BCUT2D eigenvalue weighted by atomic mass is 10.2. The van der Waals surface area contributed by atoms with E-state index in [-0.39, 0.29) is 23.8 Å². The van der Waals surface area contributed by atoms with Crippen molar-refractivity contribution in [3.8, 4) is 5.69 Å². The maximum absolute atomic E-state index is 12.2. The van der Waals surface area contributed by atoms with Crippen LogP contribution in [0.4, 0.5) is 0 Å². The SMILES string of the molecule is O=C(NCC1CCCO1)c1ccc(-n2cc(CNC(=O)C3CC3)cn2)cc1. The molecular weight excluding hydrogens is 344 g/mol. The van der Waals surface area contributed by atoms with Gasteiger partial charge in [-0.1, -0.05) is 0 Å². The van der Waals surface area contributed by atoms with Crippen LogP contribution in [0.2, 0.25) is 0 Å². The van der Waals surface area contributed by atoms with Gasteiger partial charge in [-0.25, -0.2) is 4.68 Å². The predicted octanol–water partition coefficient (Wildman–Crippen LogP) is 1.81. The maximum Gasteiger partial charge on any atom is 0.251 e. The van der Waals surface area contributed by atoms with E-state index in [0.29, 0.717) is 18.7 Å². The number of hydrogen-bond donors (Lipinski definition) is 2. The van der Waals surface area contributed by atoms with Crippen molar-refractivity contribution in [3.63, 3.8) is 0 Å². The molecule has 1 atom stereocenters. The third kappa shape index (κ3) is 4.54. The van der Waals surface area contributed by atoms with Crippen LogP contribution in [0.15, 0.2) is 36.7 Å². The Morgan fingerprint density at radius 1 is 1.15 bits per heavy atom. The summed E-state index contributed by atoms with van der Waals surface area (Å²) in [6.07, 6.45) is 7.83. The van der Waals surface area contributed by atoms with Crippen LogP contribution in [0.3, 0.4) is 0 Å². The second-order valence-corrected chi connectivity index (χ2v) is 7.18. The van der Waals surface area contributed by atoms with Crippen LogP contribution in [-0.2, 0) is 16.1 Å². The molecule has 1 aliphatic heterocycles. The summed E-state index contributed by atoms with van der Waals surface area (Å²) in [4.78, 5) is 23.9. The number of carbonyl (C=O) groups is 2. The van der Waals surface area contributed by atoms with Gasteiger partial charge in [0.2, 0.25) is 5.91 Å². The predicted molar refractivity (Wildman–Crippen MR) is 99.4 cm³/mol. The Morgan fingerprint density at radius 2 is 1.96 bits per heavy atom. The molecule has 2 aliphatic rings. The number of benzene rings is 1. The lowest BCUT2D eigenvalue weighted by Gasteiger charge is -2.11. The van der Waals surface area contributed by atoms with Crippen LogP contribution < -0.4 is 10.6 Å². The molecule has 0 spiro atoms. The van der Waals surface area contributed by atoms with Gasteiger partial charge < -0.3 is 15.4 Å². The monoisotopic (exact) mass is 368 g/mol. The summed E-state index contributed by atoms with van der Waals surface area (Å²) < 4.78 is 7.26. The highest BCUT2D eigenvalue weighted by molar-refractivity contribution is 5.94. The molecule has 1 aliphatic carbocycles. The lowest BCUT2D eigenvalue weighted by Crippen LogP contribution is -2.31. The summed E-state index contributed by atoms with van der Waals surface area (Å²) in [6, 6.07) is 7.30. The quantitative estimate of drug-likeness (QED) is 0.781. The molecule has 0 radical (unpaired) electrons. The third-order valence-corrected chi connectivity index (χ3v) is 4.96. The van der Waals surface area contributed by atoms with E-state index >= 15 is 0 Å². The Kier molecular flexibility index (Phi) is 5.20. The van der Waals surface area contributed by atoms with Gasteiger partial charge in [0.05, 0.1) is 18.0 Å². The van der Waals surface area contributed by atoms with Crippen molar-refractivity contribution in [2.75, 3.05) is 13.2 Å². The molecule has 7 heteroatoms. The highest BCUT2D eigenvalue weighted by Crippen LogP contribution is 2.28. The Labute approximate surface area is 158 Å². The van der Waals surface area contributed by atoms with Gasteiger partial charge in [-0.15, -0.1) is 0 Å². The van der Waals surface area contributed by atoms with Gasteiger partial charge >= 0.3 is 0 Å². The number of hydrogen-bond acceptors (Lipinski definition) is 4. The van der Waals surface area contributed by atoms with Crippen LogP contribution in [0, 0.1) is 5.92 Å². The molecule has 2 N–H and O–H groups in total. The number of nitrogens with zero attached hydrogens (tertiary/aromatic N) is 2. The largest absolute Gasteiger partial charge is 0.376 e. The molecule has 1 saturated carbocycles. The number of aromatic nitrogens is 2. The van der Waals surface area contributed by atoms with Crippen LogP contribution in [0.1, 0.15) is 41.6 Å². The van der Waals surface area contributed by atoms with E-state index in [1.807, 2.05) is 18.3 Å². The third-order valence-electron chi connectivity index (χ3n) is 4.96. The van der Waals surface area contributed by atoms with Crippen LogP contribution in [0.25, 0.3) is 5.69 Å². The standard InChI is InChI=1S/C20H24N4O3/c25-19(15-3-4-15)21-10-14-11-23-24(13-14)17-7-5-16(6-8-17)20(26)22-12-18-2-1-9-27-18/h5-8,11,13,15,18H,1-4,9-10,12H2,(H,21,25)(H,22,26). The minimum atomic E-state index is -0.0963. The first-order chi connectivity index (χ1) is 13.2. The molecule has 2 amide bonds. The van der Waals surface area contributed by atoms with E-state index < -0.39 is 0 Å². The van der Waals surface area contributed by atoms with E-state index in [4.69, 9.17) is 4.74 Å². The van der Waals surface area contributed by atoms with Crippen LogP contribution in [-0.4, -0.2) is 40.9 Å². The molecule has 4 rings (SSSR count). The zero-order valence-corrected chi connectivity index (χ0v) is 15.2. The molecule has 27 heavy (non-hydrogen) atoms. The van der Waals surface area contributed by atoms with Crippen molar-refractivity contribution in [2.24, 2.45) is 5.92 Å². The molecule has 2 fully saturated rings. The topological polar surface area (TPSA) is 85.2 Å². The summed E-state index contributed by atoms with van der Waals surface area (Å²) in [5.74, 6) is 0.237. The van der Waals surface area contributed by atoms with Gasteiger partial charge in [0.25, 0.3) is 5.91 Å². The van der Waals surface area contributed by atoms with Gasteiger partial charge in [0.15, 0.2) is 0 Å². The first-order valence-corrected chi connectivity index (χ1v) is 9.50. The summed E-state index contributed by atoms with van der Waals surface area (Å²) in [5, 5.41) is 10.2. The number of amides is 2. The van der Waals surface area contributed by atoms with Gasteiger partial charge in [-0.05, 0) is 49.9 Å². The smallest absolute Gasteiger partial charge is 0.251 e. The van der Waals surface area contributed by atoms with Crippen molar-refractivity contribution in [2.45, 2.75) is 38.3 Å². The second-order valence-electron chi connectivity index (χ2n) is 7.18. The van der Waals surface area contributed by atoms with Gasteiger partial charge in [-0.2, -0.15) is 5.10 Å². The van der Waals surface area contributed by atoms with E-state index in [0.717, 1.165) is 43.5 Å². The second kappa shape index (κ2) is 7.92. The highest BCUT2D eigenvalue weighted by atomic mass is 16.5. The Bertz CT molecular complexity index is 805. The zero-order chi connectivity index (χ0) is 18.6. The number of ether oxygens (including phenoxy) is 1. The summed E-state index contributed by atoms with van der Waals surface area (Å²) in [7, 11) is 0. The molecule has 1 aromatic heterocycles. The van der Waals surface area contributed by atoms with Crippen molar-refractivity contribution < 1.29 is 14.3 Å². The van der Waals surface area contributed by atoms with Gasteiger partial charge in [-0.3, -0.25) is 9.59 Å². The van der Waals surface area contributed by atoms with E-state index in [1.165, 1.54) is 0 Å². The normalized spacial score (nSPS) is 19.0. The fourth-order valence-corrected chi connectivity index (χ4v) is 3.15. The molecule has 2 heterocycles. The molecule has 1 unspecified atom stereocenters. The minimum Gasteiger partial charge on any atom is -0.376 e. The summed E-state index contributed by atoms with van der Waals surface area (Å²) in [5.41, 5.74) is 2.42. The van der Waals surface area contributed by atoms with Crippen LogP contribution >= 0.6 is 0 Å². The molecule has 2 aromatic rings. The van der Waals surface area contributed by atoms with E-state index in [2.05, 4.69) is 15.7 Å². The van der Waals surface area contributed by atoms with Crippen molar-refractivity contribution in [1.29, 1.82) is 0 Å². The number of rotatable bonds is 7. The van der Waals surface area contributed by atoms with Gasteiger partial charge in [0.1, 0.15) is 0 Å². The zero-order valence-electron chi connectivity index (χ0n) is 15.2. The Balaban J connectivity index is 1.31. The molecule has 1 aromatic carbocycles. The Hall–Kier alpha value is -2.67. The summed E-state index contributed by atoms with van der Waals surface area (Å²) >= 11 is 0. The minimum absolute atomic E-state index is 0.0963. The van der Waals surface area contributed by atoms with Gasteiger partial charge in [0, 0.05) is 42.9 Å². The summed E-state index contributed by atoms with van der Waals surface area (Å²) in [6.45, 7) is 1.82. The van der Waals surface area contributed by atoms with E-state index in [1.54, 1.807) is 23.0 Å². The number of carbonyl (C=O) groups excluding carboxylic acids is 2. The first-order valence-electron chi connectivity index (χ1n) is 9.50. The Morgan fingerprint density at radius 3 is 2.67 bits per heavy atom. The number of nitrogens with one attached hydrogen (secondary N) is 2. The maximum atomic E-state index is 12.2.